The van der Waals surface area contributed by atoms with E-state index in [0.717, 1.165) is 18.8 Å². The summed E-state index contributed by atoms with van der Waals surface area (Å²) < 4.78 is 3.89. The summed E-state index contributed by atoms with van der Waals surface area (Å²) in [5.74, 6) is 0. The maximum atomic E-state index is 4.07. The molecule has 1 saturated heterocycles. The minimum absolute atomic E-state index is 0.615. The predicted molar refractivity (Wildman–Crippen MR) is 81.5 cm³/mol. The molecule has 1 aliphatic heterocycles. The molecule has 0 bridgehead atoms. The van der Waals surface area contributed by atoms with Gasteiger partial charge < -0.3 is 5.32 Å². The lowest BCUT2D eigenvalue weighted by molar-refractivity contribution is 0.190. The Kier molecular flexibility index (Phi) is 4.73. The fourth-order valence-corrected chi connectivity index (χ4v) is 3.10. The molecule has 1 fully saturated rings. The van der Waals surface area contributed by atoms with Gasteiger partial charge in [0.1, 0.15) is 0 Å². The molecular formula is C15H20N4S. The van der Waals surface area contributed by atoms with Gasteiger partial charge in [0.2, 0.25) is 0 Å². The standard InChI is InChI=1S/C15H20N4S/c1-2-4-13(5-3-1)11-19-8-6-14(7-9-19)16-10-15-12-20-18-17-15/h1-5,12,14,16H,6-11H2. The van der Waals surface area contributed by atoms with E-state index in [0.29, 0.717) is 6.04 Å². The Morgan fingerprint density at radius 1 is 1.20 bits per heavy atom. The summed E-state index contributed by atoms with van der Waals surface area (Å²) in [5.41, 5.74) is 2.47. The topological polar surface area (TPSA) is 41.0 Å². The Balaban J connectivity index is 1.40. The molecule has 0 radical (unpaired) electrons. The highest BCUT2D eigenvalue weighted by atomic mass is 32.1. The number of aromatic nitrogens is 2. The highest BCUT2D eigenvalue weighted by Crippen LogP contribution is 2.14. The summed E-state index contributed by atoms with van der Waals surface area (Å²) in [6, 6.07) is 11.3. The Hall–Kier alpha value is -1.30. The molecule has 20 heavy (non-hydrogen) atoms. The number of piperidine rings is 1. The van der Waals surface area contributed by atoms with E-state index in [-0.39, 0.29) is 0 Å². The van der Waals surface area contributed by atoms with Gasteiger partial charge in [-0.15, -0.1) is 5.10 Å². The molecule has 3 rings (SSSR count). The molecule has 0 unspecified atom stereocenters. The number of rotatable bonds is 5. The first-order chi connectivity index (χ1) is 9.90. The summed E-state index contributed by atoms with van der Waals surface area (Å²) in [6.45, 7) is 4.26. The third-order valence-corrected chi connectivity index (χ3v) is 4.37. The Labute approximate surface area is 124 Å². The van der Waals surface area contributed by atoms with E-state index in [2.05, 4.69) is 50.1 Å². The van der Waals surface area contributed by atoms with Crippen LogP contribution in [0.3, 0.4) is 0 Å². The minimum atomic E-state index is 0.615. The highest BCUT2D eigenvalue weighted by molar-refractivity contribution is 7.03. The largest absolute Gasteiger partial charge is 0.308 e. The van der Waals surface area contributed by atoms with Crippen LogP contribution >= 0.6 is 11.5 Å². The predicted octanol–water partition coefficient (Wildman–Crippen LogP) is 2.29. The monoisotopic (exact) mass is 288 g/mol. The molecule has 2 heterocycles. The second kappa shape index (κ2) is 6.92. The molecule has 1 N–H and O–H groups in total. The zero-order valence-corrected chi connectivity index (χ0v) is 12.4. The summed E-state index contributed by atoms with van der Waals surface area (Å²) in [7, 11) is 0. The smallest absolute Gasteiger partial charge is 0.0893 e. The molecule has 1 aromatic carbocycles. The van der Waals surface area contributed by atoms with Gasteiger partial charge in [0.25, 0.3) is 0 Å². The van der Waals surface area contributed by atoms with E-state index in [1.54, 1.807) is 0 Å². The first-order valence-corrected chi connectivity index (χ1v) is 7.99. The van der Waals surface area contributed by atoms with Crippen LogP contribution < -0.4 is 5.32 Å². The van der Waals surface area contributed by atoms with Crippen molar-refractivity contribution in [3.8, 4) is 0 Å². The van der Waals surface area contributed by atoms with Crippen LogP contribution in [0.15, 0.2) is 35.7 Å². The average molecular weight is 288 g/mol. The molecule has 1 aromatic heterocycles. The lowest BCUT2D eigenvalue weighted by atomic mass is 10.0. The molecule has 106 valence electrons. The summed E-state index contributed by atoms with van der Waals surface area (Å²) >= 11 is 1.42. The van der Waals surface area contributed by atoms with Crippen LogP contribution in [-0.4, -0.2) is 33.6 Å². The van der Waals surface area contributed by atoms with E-state index in [1.165, 1.54) is 43.0 Å². The molecular weight excluding hydrogens is 268 g/mol. The van der Waals surface area contributed by atoms with Gasteiger partial charge >= 0.3 is 0 Å². The highest BCUT2D eigenvalue weighted by Gasteiger charge is 2.18. The number of nitrogens with zero attached hydrogens (tertiary/aromatic N) is 3. The quantitative estimate of drug-likeness (QED) is 0.916. The first-order valence-electron chi connectivity index (χ1n) is 7.16. The number of nitrogens with one attached hydrogen (secondary N) is 1. The van der Waals surface area contributed by atoms with E-state index < -0.39 is 0 Å². The molecule has 1 aliphatic rings. The summed E-state index contributed by atoms with van der Waals surface area (Å²) in [5, 5.41) is 9.66. The normalized spacial score (nSPS) is 17.4. The maximum Gasteiger partial charge on any atom is 0.0893 e. The Morgan fingerprint density at radius 3 is 2.70 bits per heavy atom. The molecule has 2 aromatic rings. The summed E-state index contributed by atoms with van der Waals surface area (Å²) in [6.07, 6.45) is 2.43. The molecule has 0 amide bonds. The number of benzene rings is 1. The van der Waals surface area contributed by atoms with Crippen LogP contribution in [0.4, 0.5) is 0 Å². The summed E-state index contributed by atoms with van der Waals surface area (Å²) in [4.78, 5) is 2.54. The van der Waals surface area contributed by atoms with Crippen molar-refractivity contribution >= 4 is 11.5 Å². The first kappa shape index (κ1) is 13.7. The minimum Gasteiger partial charge on any atom is -0.308 e. The fraction of sp³-hybridized carbons (Fsp3) is 0.467. The van der Waals surface area contributed by atoms with Crippen LogP contribution in [0.2, 0.25) is 0 Å². The van der Waals surface area contributed by atoms with Crippen molar-refractivity contribution in [1.82, 2.24) is 19.8 Å². The molecule has 0 aliphatic carbocycles. The maximum absolute atomic E-state index is 4.07. The van der Waals surface area contributed by atoms with Crippen LogP contribution in [0.1, 0.15) is 24.1 Å². The van der Waals surface area contributed by atoms with Crippen LogP contribution in [0, 0.1) is 0 Å². The number of hydrogen-bond donors (Lipinski definition) is 1. The van der Waals surface area contributed by atoms with Gasteiger partial charge in [-0.2, -0.15) is 0 Å². The Morgan fingerprint density at radius 2 is 2.00 bits per heavy atom. The Bertz CT molecular complexity index is 492. The lowest BCUT2D eigenvalue weighted by Crippen LogP contribution is -2.41. The van der Waals surface area contributed by atoms with E-state index in [4.69, 9.17) is 0 Å². The van der Waals surface area contributed by atoms with Gasteiger partial charge in [0.05, 0.1) is 5.69 Å². The SMILES string of the molecule is c1ccc(CN2CCC(NCc3csnn3)CC2)cc1. The van der Waals surface area contributed by atoms with Gasteiger partial charge in [-0.25, -0.2) is 0 Å². The molecule has 0 spiro atoms. The van der Waals surface area contributed by atoms with Crippen molar-refractivity contribution in [2.45, 2.75) is 32.0 Å². The molecule has 4 nitrogen and oxygen atoms in total. The molecule has 0 saturated carbocycles. The van der Waals surface area contributed by atoms with Gasteiger partial charge in [0, 0.05) is 24.5 Å². The molecule has 5 heteroatoms. The van der Waals surface area contributed by atoms with Crippen molar-refractivity contribution < 1.29 is 0 Å². The van der Waals surface area contributed by atoms with Crippen molar-refractivity contribution in [1.29, 1.82) is 0 Å². The zero-order chi connectivity index (χ0) is 13.6. The van der Waals surface area contributed by atoms with Crippen LogP contribution in [0.25, 0.3) is 0 Å². The lowest BCUT2D eigenvalue weighted by Gasteiger charge is -2.32. The van der Waals surface area contributed by atoms with E-state index in [9.17, 15) is 0 Å². The van der Waals surface area contributed by atoms with Gasteiger partial charge in [-0.1, -0.05) is 34.8 Å². The average Bonchev–Trinajstić information content (AvgIpc) is 3.01. The number of likely N-dealkylation sites (tertiary alicyclic amines) is 1. The third kappa shape index (κ3) is 3.85. The fourth-order valence-electron chi connectivity index (χ4n) is 2.65. The van der Waals surface area contributed by atoms with Crippen molar-refractivity contribution in [2.75, 3.05) is 13.1 Å². The van der Waals surface area contributed by atoms with Crippen molar-refractivity contribution in [3.63, 3.8) is 0 Å². The number of hydrogen-bond acceptors (Lipinski definition) is 5. The van der Waals surface area contributed by atoms with Crippen LogP contribution in [0.5, 0.6) is 0 Å². The van der Waals surface area contributed by atoms with Crippen LogP contribution in [-0.2, 0) is 13.1 Å². The van der Waals surface area contributed by atoms with E-state index in [1.807, 2.05) is 5.38 Å². The second-order valence-corrected chi connectivity index (χ2v) is 5.92. The van der Waals surface area contributed by atoms with Gasteiger partial charge in [-0.3, -0.25) is 4.90 Å². The van der Waals surface area contributed by atoms with E-state index >= 15 is 0 Å². The molecule has 0 atom stereocenters. The zero-order valence-electron chi connectivity index (χ0n) is 11.5. The van der Waals surface area contributed by atoms with Crippen molar-refractivity contribution in [3.05, 3.63) is 47.0 Å². The second-order valence-electron chi connectivity index (χ2n) is 5.31. The van der Waals surface area contributed by atoms with Gasteiger partial charge in [-0.05, 0) is 43.0 Å². The van der Waals surface area contributed by atoms with Crippen molar-refractivity contribution in [2.24, 2.45) is 0 Å². The third-order valence-electron chi connectivity index (χ3n) is 3.81. The van der Waals surface area contributed by atoms with Gasteiger partial charge in [0.15, 0.2) is 0 Å².